The maximum atomic E-state index is 13.1. The quantitative estimate of drug-likeness (QED) is 0.744. The Bertz CT molecular complexity index is 491. The Morgan fingerprint density at radius 2 is 2.05 bits per heavy atom. The molecule has 6 heteroatoms. The summed E-state index contributed by atoms with van der Waals surface area (Å²) in [5.41, 5.74) is 0.353. The van der Waals surface area contributed by atoms with Crippen LogP contribution in [-0.2, 0) is 10.0 Å². The van der Waals surface area contributed by atoms with Crippen LogP contribution >= 0.6 is 0 Å². The maximum Gasteiger partial charge on any atom is 0.234 e. The van der Waals surface area contributed by atoms with E-state index in [-0.39, 0.29) is 5.75 Å². The molecule has 0 aliphatic heterocycles. The fourth-order valence-electron chi connectivity index (χ4n) is 1.68. The highest BCUT2D eigenvalue weighted by Gasteiger charge is 2.18. The summed E-state index contributed by atoms with van der Waals surface area (Å²) in [6, 6.07) is 5.59. The SMILES string of the molecule is CCNCCCCS(=O)(=O)N(C)c1cccc(F)c1. The average molecular weight is 288 g/mol. The van der Waals surface area contributed by atoms with Gasteiger partial charge in [0, 0.05) is 7.05 Å². The Morgan fingerprint density at radius 3 is 2.68 bits per heavy atom. The predicted octanol–water partition coefficient (Wildman–Crippen LogP) is 1.98. The molecule has 0 aromatic heterocycles. The first kappa shape index (κ1) is 15.9. The van der Waals surface area contributed by atoms with Crippen LogP contribution in [0.1, 0.15) is 19.8 Å². The second-order valence-corrected chi connectivity index (χ2v) is 6.44. The molecule has 4 nitrogen and oxygen atoms in total. The van der Waals surface area contributed by atoms with Gasteiger partial charge in [-0.25, -0.2) is 12.8 Å². The molecule has 0 aliphatic carbocycles. The Morgan fingerprint density at radius 1 is 1.32 bits per heavy atom. The summed E-state index contributed by atoms with van der Waals surface area (Å²) < 4.78 is 38.3. The van der Waals surface area contributed by atoms with Crippen LogP contribution in [0.25, 0.3) is 0 Å². The van der Waals surface area contributed by atoms with Gasteiger partial charge >= 0.3 is 0 Å². The number of anilines is 1. The third-order valence-corrected chi connectivity index (χ3v) is 4.69. The Labute approximate surface area is 114 Å². The average Bonchev–Trinajstić information content (AvgIpc) is 2.37. The number of hydrogen-bond donors (Lipinski definition) is 1. The van der Waals surface area contributed by atoms with Gasteiger partial charge in [-0.05, 0) is 44.1 Å². The fourth-order valence-corrected chi connectivity index (χ4v) is 2.96. The zero-order valence-corrected chi connectivity index (χ0v) is 12.2. The minimum atomic E-state index is -3.38. The topological polar surface area (TPSA) is 49.4 Å². The lowest BCUT2D eigenvalue weighted by molar-refractivity contribution is 0.586. The first-order valence-electron chi connectivity index (χ1n) is 6.40. The minimum absolute atomic E-state index is 0.0748. The van der Waals surface area contributed by atoms with Crippen molar-refractivity contribution < 1.29 is 12.8 Å². The van der Waals surface area contributed by atoms with Gasteiger partial charge in [0.05, 0.1) is 11.4 Å². The number of rotatable bonds is 8. The van der Waals surface area contributed by atoms with Gasteiger partial charge in [-0.2, -0.15) is 0 Å². The van der Waals surface area contributed by atoms with Crippen molar-refractivity contribution in [3.63, 3.8) is 0 Å². The van der Waals surface area contributed by atoms with Crippen LogP contribution in [0.2, 0.25) is 0 Å². The van der Waals surface area contributed by atoms with Crippen molar-refractivity contribution in [2.45, 2.75) is 19.8 Å². The Kier molecular flexibility index (Phi) is 6.24. The van der Waals surface area contributed by atoms with Crippen LogP contribution in [-0.4, -0.2) is 34.3 Å². The van der Waals surface area contributed by atoms with Crippen molar-refractivity contribution >= 4 is 15.7 Å². The third-order valence-electron chi connectivity index (χ3n) is 2.84. The molecule has 0 aliphatic rings. The zero-order chi connectivity index (χ0) is 14.3. The van der Waals surface area contributed by atoms with Crippen LogP contribution in [0.3, 0.4) is 0 Å². The molecule has 19 heavy (non-hydrogen) atoms. The standard InChI is InChI=1S/C13H21FN2O2S/c1-3-15-9-4-5-10-19(17,18)16(2)13-8-6-7-12(14)11-13/h6-8,11,15H,3-5,9-10H2,1-2H3. The molecule has 0 bridgehead atoms. The molecule has 1 rings (SSSR count). The van der Waals surface area contributed by atoms with Gasteiger partial charge < -0.3 is 5.32 Å². The first-order valence-corrected chi connectivity index (χ1v) is 8.01. The Balaban J connectivity index is 2.57. The zero-order valence-electron chi connectivity index (χ0n) is 11.4. The van der Waals surface area contributed by atoms with Gasteiger partial charge in [-0.15, -0.1) is 0 Å². The normalized spacial score (nSPS) is 11.5. The monoisotopic (exact) mass is 288 g/mol. The van der Waals surface area contributed by atoms with Crippen molar-refractivity contribution in [2.24, 2.45) is 0 Å². The number of sulfonamides is 1. The molecule has 1 aromatic rings. The summed E-state index contributed by atoms with van der Waals surface area (Å²) >= 11 is 0. The van der Waals surface area contributed by atoms with Gasteiger partial charge in [-0.3, -0.25) is 4.31 Å². The molecule has 0 heterocycles. The summed E-state index contributed by atoms with van der Waals surface area (Å²) in [7, 11) is -1.93. The lowest BCUT2D eigenvalue weighted by atomic mass is 10.3. The van der Waals surface area contributed by atoms with Gasteiger partial charge in [0.25, 0.3) is 0 Å². The summed E-state index contributed by atoms with van der Waals surface area (Å²) in [6.45, 7) is 3.71. The highest BCUT2D eigenvalue weighted by molar-refractivity contribution is 7.92. The Hall–Kier alpha value is -1.14. The van der Waals surface area contributed by atoms with Crippen molar-refractivity contribution in [1.82, 2.24) is 5.32 Å². The highest BCUT2D eigenvalue weighted by Crippen LogP contribution is 2.18. The lowest BCUT2D eigenvalue weighted by Gasteiger charge is -2.19. The third kappa shape index (κ3) is 5.16. The first-order chi connectivity index (χ1) is 8.97. The number of nitrogens with zero attached hydrogens (tertiary/aromatic N) is 1. The predicted molar refractivity (Wildman–Crippen MR) is 76.4 cm³/mol. The van der Waals surface area contributed by atoms with E-state index in [2.05, 4.69) is 5.32 Å². The molecule has 0 unspecified atom stereocenters. The van der Waals surface area contributed by atoms with Gasteiger partial charge in [0.15, 0.2) is 0 Å². The molecule has 1 aromatic carbocycles. The maximum absolute atomic E-state index is 13.1. The van der Waals surface area contributed by atoms with Gasteiger partial charge in [0.1, 0.15) is 5.82 Å². The van der Waals surface area contributed by atoms with Crippen LogP contribution < -0.4 is 9.62 Å². The second-order valence-electron chi connectivity index (χ2n) is 4.32. The van der Waals surface area contributed by atoms with E-state index in [1.165, 1.54) is 25.2 Å². The second kappa shape index (κ2) is 7.45. The van der Waals surface area contributed by atoms with Crippen LogP contribution in [0.5, 0.6) is 0 Å². The lowest BCUT2D eigenvalue weighted by Crippen LogP contribution is -2.29. The van der Waals surface area contributed by atoms with Crippen molar-refractivity contribution in [1.29, 1.82) is 0 Å². The summed E-state index contributed by atoms with van der Waals surface area (Å²) in [6.07, 6.45) is 1.40. The van der Waals surface area contributed by atoms with Gasteiger partial charge in [-0.1, -0.05) is 13.0 Å². The highest BCUT2D eigenvalue weighted by atomic mass is 32.2. The van der Waals surface area contributed by atoms with Gasteiger partial charge in [0.2, 0.25) is 10.0 Å². The molecule has 0 atom stereocenters. The molecule has 0 saturated heterocycles. The van der Waals surface area contributed by atoms with E-state index in [1.807, 2.05) is 6.92 Å². The van der Waals surface area contributed by atoms with E-state index in [9.17, 15) is 12.8 Å². The number of unbranched alkanes of at least 4 members (excludes halogenated alkanes) is 1. The van der Waals surface area contributed by atoms with E-state index in [0.717, 1.165) is 23.8 Å². The molecule has 1 N–H and O–H groups in total. The smallest absolute Gasteiger partial charge is 0.234 e. The van der Waals surface area contributed by atoms with E-state index in [4.69, 9.17) is 0 Å². The fraction of sp³-hybridized carbons (Fsp3) is 0.538. The molecular formula is C13H21FN2O2S. The molecule has 108 valence electrons. The molecular weight excluding hydrogens is 267 g/mol. The van der Waals surface area contributed by atoms with E-state index < -0.39 is 15.8 Å². The summed E-state index contributed by atoms with van der Waals surface area (Å²) in [4.78, 5) is 0. The number of halogens is 1. The molecule has 0 amide bonds. The summed E-state index contributed by atoms with van der Waals surface area (Å²) in [5.74, 6) is -0.363. The van der Waals surface area contributed by atoms with Crippen molar-refractivity contribution in [2.75, 3.05) is 30.2 Å². The number of nitrogens with one attached hydrogen (secondary N) is 1. The number of hydrogen-bond acceptors (Lipinski definition) is 3. The largest absolute Gasteiger partial charge is 0.317 e. The van der Waals surface area contributed by atoms with E-state index in [1.54, 1.807) is 6.07 Å². The van der Waals surface area contributed by atoms with Crippen LogP contribution in [0.4, 0.5) is 10.1 Å². The van der Waals surface area contributed by atoms with Crippen molar-refractivity contribution in [3.8, 4) is 0 Å². The minimum Gasteiger partial charge on any atom is -0.317 e. The molecule has 0 radical (unpaired) electrons. The van der Waals surface area contributed by atoms with Crippen LogP contribution in [0, 0.1) is 5.82 Å². The molecule has 0 saturated carbocycles. The number of benzene rings is 1. The summed E-state index contributed by atoms with van der Waals surface area (Å²) in [5, 5.41) is 3.14. The van der Waals surface area contributed by atoms with Crippen molar-refractivity contribution in [3.05, 3.63) is 30.1 Å². The molecule has 0 spiro atoms. The van der Waals surface area contributed by atoms with Crippen LogP contribution in [0.15, 0.2) is 24.3 Å². The van der Waals surface area contributed by atoms with E-state index in [0.29, 0.717) is 12.1 Å². The molecule has 0 fully saturated rings. The van der Waals surface area contributed by atoms with E-state index >= 15 is 0 Å².